The summed E-state index contributed by atoms with van der Waals surface area (Å²) in [6.45, 7) is 0. The van der Waals surface area contributed by atoms with E-state index in [4.69, 9.17) is 16.3 Å². The molecule has 3 aromatic carbocycles. The van der Waals surface area contributed by atoms with Gasteiger partial charge in [-0.3, -0.25) is 0 Å². The number of rotatable bonds is 6. The molecule has 0 amide bonds. The van der Waals surface area contributed by atoms with E-state index in [1.807, 2.05) is 42.5 Å². The second kappa shape index (κ2) is 7.86. The predicted molar refractivity (Wildman–Crippen MR) is 98.1 cm³/mol. The van der Waals surface area contributed by atoms with Crippen molar-refractivity contribution in [2.45, 2.75) is 12.5 Å². The Morgan fingerprint density at radius 1 is 0.880 bits per heavy atom. The number of hydrogen-bond acceptors (Lipinski definition) is 2. The number of ether oxygens (including phenoxy) is 1. The van der Waals surface area contributed by atoms with Gasteiger partial charge in [0.05, 0.1) is 0 Å². The van der Waals surface area contributed by atoms with Crippen molar-refractivity contribution in [2.24, 2.45) is 0 Å². The minimum atomic E-state index is -1.02. The van der Waals surface area contributed by atoms with Crippen molar-refractivity contribution in [3.05, 3.63) is 101 Å². The molecule has 0 aliphatic heterocycles. The first kappa shape index (κ1) is 17.1. The molecular formula is C21H17ClO3. The van der Waals surface area contributed by atoms with Crippen LogP contribution < -0.4 is 4.74 Å². The van der Waals surface area contributed by atoms with Gasteiger partial charge in [-0.2, -0.15) is 0 Å². The number of aliphatic carboxylic acids is 1. The van der Waals surface area contributed by atoms with Gasteiger partial charge in [0.2, 0.25) is 6.10 Å². The van der Waals surface area contributed by atoms with Gasteiger partial charge in [-0.25, -0.2) is 4.79 Å². The summed E-state index contributed by atoms with van der Waals surface area (Å²) in [5.74, 6) is -0.493. The zero-order valence-corrected chi connectivity index (χ0v) is 14.2. The monoisotopic (exact) mass is 352 g/mol. The van der Waals surface area contributed by atoms with Crippen molar-refractivity contribution < 1.29 is 14.6 Å². The lowest BCUT2D eigenvalue weighted by Gasteiger charge is -2.15. The molecular weight excluding hydrogens is 336 g/mol. The summed E-state index contributed by atoms with van der Waals surface area (Å²) < 4.78 is 5.67. The lowest BCUT2D eigenvalue weighted by Crippen LogP contribution is -2.18. The van der Waals surface area contributed by atoms with Crippen LogP contribution in [0.5, 0.6) is 5.75 Å². The van der Waals surface area contributed by atoms with E-state index in [-0.39, 0.29) is 0 Å². The summed E-state index contributed by atoms with van der Waals surface area (Å²) >= 11 is 5.90. The Hall–Kier alpha value is -2.78. The Labute approximate surface area is 151 Å². The lowest BCUT2D eigenvalue weighted by molar-refractivity contribution is -0.145. The maximum Gasteiger partial charge on any atom is 0.349 e. The van der Waals surface area contributed by atoms with E-state index in [1.54, 1.807) is 36.4 Å². The zero-order chi connectivity index (χ0) is 17.6. The van der Waals surface area contributed by atoms with Gasteiger partial charge >= 0.3 is 5.97 Å². The van der Waals surface area contributed by atoms with Crippen molar-refractivity contribution in [2.75, 3.05) is 0 Å². The van der Waals surface area contributed by atoms with Gasteiger partial charge < -0.3 is 9.84 Å². The molecule has 0 aromatic heterocycles. The number of carboxylic acids is 1. The molecule has 0 aliphatic rings. The molecule has 1 atom stereocenters. The minimum Gasteiger partial charge on any atom is -0.478 e. The molecule has 0 heterocycles. The number of carbonyl (C=O) groups is 1. The average molecular weight is 353 g/mol. The van der Waals surface area contributed by atoms with Crippen LogP contribution in [0.25, 0.3) is 0 Å². The van der Waals surface area contributed by atoms with E-state index in [0.29, 0.717) is 16.3 Å². The van der Waals surface area contributed by atoms with E-state index in [2.05, 4.69) is 0 Å². The molecule has 3 aromatic rings. The third-order valence-electron chi connectivity index (χ3n) is 3.83. The zero-order valence-electron chi connectivity index (χ0n) is 13.4. The highest BCUT2D eigenvalue weighted by molar-refractivity contribution is 6.30. The Balaban J connectivity index is 1.71. The van der Waals surface area contributed by atoms with Crippen LogP contribution in [0.2, 0.25) is 5.02 Å². The maximum atomic E-state index is 11.5. The Bertz CT molecular complexity index is 827. The van der Waals surface area contributed by atoms with E-state index < -0.39 is 12.1 Å². The van der Waals surface area contributed by atoms with Crippen LogP contribution in [-0.4, -0.2) is 11.1 Å². The molecule has 3 nitrogen and oxygen atoms in total. The van der Waals surface area contributed by atoms with Crippen LogP contribution in [0.15, 0.2) is 78.9 Å². The first-order chi connectivity index (χ1) is 12.1. The van der Waals surface area contributed by atoms with Gasteiger partial charge in [-0.05, 0) is 41.8 Å². The van der Waals surface area contributed by atoms with Gasteiger partial charge in [0.25, 0.3) is 0 Å². The van der Waals surface area contributed by atoms with E-state index in [0.717, 1.165) is 17.5 Å². The summed E-state index contributed by atoms with van der Waals surface area (Å²) in [4.78, 5) is 11.5. The summed E-state index contributed by atoms with van der Waals surface area (Å²) in [5, 5.41) is 10.1. The Morgan fingerprint density at radius 3 is 2.00 bits per heavy atom. The molecule has 3 rings (SSSR count). The average Bonchev–Trinajstić information content (AvgIpc) is 2.63. The van der Waals surface area contributed by atoms with Gasteiger partial charge in [-0.1, -0.05) is 66.2 Å². The first-order valence-corrected chi connectivity index (χ1v) is 8.27. The standard InChI is InChI=1S/C21H17ClO3/c22-18-10-6-15(7-11-18)14-16-8-12-19(13-9-16)25-20(21(23)24)17-4-2-1-3-5-17/h1-13,20H,14H2,(H,23,24). The molecule has 126 valence electrons. The lowest BCUT2D eigenvalue weighted by atomic mass is 10.0. The van der Waals surface area contributed by atoms with Crippen LogP contribution in [0.4, 0.5) is 0 Å². The van der Waals surface area contributed by atoms with Crippen molar-refractivity contribution in [1.82, 2.24) is 0 Å². The summed E-state index contributed by atoms with van der Waals surface area (Å²) in [6.07, 6.45) is -0.248. The first-order valence-electron chi connectivity index (χ1n) is 7.89. The molecule has 1 unspecified atom stereocenters. The smallest absolute Gasteiger partial charge is 0.349 e. The largest absolute Gasteiger partial charge is 0.478 e. The van der Waals surface area contributed by atoms with Crippen LogP contribution in [0, 0.1) is 0 Å². The molecule has 0 aliphatic carbocycles. The summed E-state index contributed by atoms with van der Waals surface area (Å²) in [7, 11) is 0. The highest BCUT2D eigenvalue weighted by Crippen LogP contribution is 2.23. The Morgan fingerprint density at radius 2 is 1.44 bits per heavy atom. The third kappa shape index (κ3) is 4.61. The normalized spacial score (nSPS) is 11.7. The molecule has 0 spiro atoms. The van der Waals surface area contributed by atoms with E-state index in [1.165, 1.54) is 0 Å². The molecule has 0 radical (unpaired) electrons. The van der Waals surface area contributed by atoms with Gasteiger partial charge in [0, 0.05) is 10.6 Å². The topological polar surface area (TPSA) is 46.5 Å². The maximum absolute atomic E-state index is 11.5. The number of carboxylic acid groups (broad SMARTS) is 1. The molecule has 0 saturated heterocycles. The second-order valence-electron chi connectivity index (χ2n) is 5.69. The quantitative estimate of drug-likeness (QED) is 0.668. The molecule has 0 bridgehead atoms. The van der Waals surface area contributed by atoms with Crippen LogP contribution >= 0.6 is 11.6 Å². The molecule has 25 heavy (non-hydrogen) atoms. The van der Waals surface area contributed by atoms with Crippen molar-refractivity contribution >= 4 is 17.6 Å². The van der Waals surface area contributed by atoms with E-state index >= 15 is 0 Å². The van der Waals surface area contributed by atoms with Crippen LogP contribution in [0.1, 0.15) is 22.8 Å². The van der Waals surface area contributed by atoms with Gasteiger partial charge in [0.15, 0.2) is 0 Å². The SMILES string of the molecule is O=C(O)C(Oc1ccc(Cc2ccc(Cl)cc2)cc1)c1ccccc1. The predicted octanol–water partition coefficient (Wildman–Crippen LogP) is 5.14. The fourth-order valence-electron chi connectivity index (χ4n) is 2.55. The Kier molecular flexibility index (Phi) is 5.36. The molecule has 4 heteroatoms. The van der Waals surface area contributed by atoms with Gasteiger partial charge in [-0.15, -0.1) is 0 Å². The number of benzene rings is 3. The van der Waals surface area contributed by atoms with Crippen molar-refractivity contribution in [1.29, 1.82) is 0 Å². The highest BCUT2D eigenvalue weighted by atomic mass is 35.5. The van der Waals surface area contributed by atoms with E-state index in [9.17, 15) is 9.90 Å². The number of hydrogen-bond donors (Lipinski definition) is 1. The minimum absolute atomic E-state index is 0.524. The van der Waals surface area contributed by atoms with Crippen LogP contribution in [-0.2, 0) is 11.2 Å². The van der Waals surface area contributed by atoms with Crippen LogP contribution in [0.3, 0.4) is 0 Å². The van der Waals surface area contributed by atoms with Crippen molar-refractivity contribution in [3.63, 3.8) is 0 Å². The summed E-state index contributed by atoms with van der Waals surface area (Å²) in [5.41, 5.74) is 2.88. The molecule has 0 saturated carbocycles. The number of halogens is 1. The fourth-order valence-corrected chi connectivity index (χ4v) is 2.67. The van der Waals surface area contributed by atoms with Gasteiger partial charge in [0.1, 0.15) is 5.75 Å². The summed E-state index contributed by atoms with van der Waals surface area (Å²) in [6, 6.07) is 24.1. The second-order valence-corrected chi connectivity index (χ2v) is 6.13. The third-order valence-corrected chi connectivity index (χ3v) is 4.08. The highest BCUT2D eigenvalue weighted by Gasteiger charge is 2.21. The molecule has 0 fully saturated rings. The van der Waals surface area contributed by atoms with Crippen molar-refractivity contribution in [3.8, 4) is 5.75 Å². The molecule has 1 N–H and O–H groups in total. The fraction of sp³-hybridized carbons (Fsp3) is 0.0952.